The highest BCUT2D eigenvalue weighted by Crippen LogP contribution is 2.27. The van der Waals surface area contributed by atoms with Crippen molar-refractivity contribution in [1.82, 2.24) is 15.3 Å². The Kier molecular flexibility index (Phi) is 5.66. The Hall–Kier alpha value is -4.46. The standard InChI is InChI=1S/C25H21N3O5/c1-13-9-14(2)27-24(31)20(13)12-26-23(30)19-10-17(11-21-18(19)7-8-22(29)28-21)15-3-5-16(6-4-15)25(32)33/h3-11H,12H2,1-2H3,(H,26,30)(H,27,31)(H,28,29)(H,32,33). The van der Waals surface area contributed by atoms with Crippen LogP contribution in [0.15, 0.2) is 64.2 Å². The minimum Gasteiger partial charge on any atom is -0.478 e. The number of aryl methyl sites for hydroxylation is 2. The summed E-state index contributed by atoms with van der Waals surface area (Å²) >= 11 is 0. The lowest BCUT2D eigenvalue weighted by Crippen LogP contribution is -2.28. The van der Waals surface area contributed by atoms with E-state index in [-0.39, 0.29) is 23.2 Å². The molecule has 8 heteroatoms. The van der Waals surface area contributed by atoms with Gasteiger partial charge in [-0.15, -0.1) is 0 Å². The van der Waals surface area contributed by atoms with E-state index in [1.54, 1.807) is 37.3 Å². The minimum atomic E-state index is -1.04. The van der Waals surface area contributed by atoms with Gasteiger partial charge in [-0.2, -0.15) is 0 Å². The summed E-state index contributed by atoms with van der Waals surface area (Å²) in [6, 6.07) is 14.4. The predicted molar refractivity (Wildman–Crippen MR) is 125 cm³/mol. The number of amides is 1. The number of H-pyrrole nitrogens is 2. The number of carboxylic acids is 1. The van der Waals surface area contributed by atoms with Crippen LogP contribution in [0.4, 0.5) is 0 Å². The molecule has 0 saturated heterocycles. The van der Waals surface area contributed by atoms with E-state index in [2.05, 4.69) is 15.3 Å². The van der Waals surface area contributed by atoms with Gasteiger partial charge in [-0.25, -0.2) is 4.79 Å². The second kappa shape index (κ2) is 8.58. The van der Waals surface area contributed by atoms with E-state index in [1.807, 2.05) is 13.0 Å². The van der Waals surface area contributed by atoms with Crippen molar-refractivity contribution in [3.63, 3.8) is 0 Å². The molecule has 0 bridgehead atoms. The Morgan fingerprint density at radius 2 is 1.64 bits per heavy atom. The molecule has 0 spiro atoms. The molecule has 0 atom stereocenters. The zero-order valence-electron chi connectivity index (χ0n) is 18.0. The van der Waals surface area contributed by atoms with E-state index in [0.29, 0.717) is 33.2 Å². The van der Waals surface area contributed by atoms with E-state index in [0.717, 1.165) is 11.3 Å². The number of fused-ring (bicyclic) bond motifs is 1. The molecule has 33 heavy (non-hydrogen) atoms. The second-order valence-corrected chi connectivity index (χ2v) is 7.82. The van der Waals surface area contributed by atoms with Crippen LogP contribution in [0.1, 0.15) is 37.5 Å². The Labute approximate surface area is 187 Å². The number of aromatic amines is 2. The molecule has 0 fully saturated rings. The normalized spacial score (nSPS) is 10.8. The highest BCUT2D eigenvalue weighted by Gasteiger charge is 2.15. The lowest BCUT2D eigenvalue weighted by atomic mass is 9.98. The third-order valence-electron chi connectivity index (χ3n) is 5.47. The summed E-state index contributed by atoms with van der Waals surface area (Å²) < 4.78 is 0. The molecule has 4 aromatic rings. The van der Waals surface area contributed by atoms with Gasteiger partial charge in [-0.05, 0) is 66.9 Å². The molecule has 8 nitrogen and oxygen atoms in total. The topological polar surface area (TPSA) is 132 Å². The summed E-state index contributed by atoms with van der Waals surface area (Å²) in [6.45, 7) is 3.64. The summed E-state index contributed by atoms with van der Waals surface area (Å²) in [6.07, 6.45) is 0. The predicted octanol–water partition coefficient (Wildman–Crippen LogP) is 3.13. The van der Waals surface area contributed by atoms with Crippen LogP contribution in [0.2, 0.25) is 0 Å². The van der Waals surface area contributed by atoms with Gasteiger partial charge in [0.2, 0.25) is 5.56 Å². The van der Waals surface area contributed by atoms with Gasteiger partial charge in [0.25, 0.3) is 11.5 Å². The Morgan fingerprint density at radius 3 is 2.30 bits per heavy atom. The zero-order valence-corrected chi connectivity index (χ0v) is 18.0. The Balaban J connectivity index is 1.74. The quantitative estimate of drug-likeness (QED) is 0.376. The maximum atomic E-state index is 13.1. The molecular formula is C25H21N3O5. The lowest BCUT2D eigenvalue weighted by Gasteiger charge is -2.12. The third kappa shape index (κ3) is 4.45. The van der Waals surface area contributed by atoms with Crippen LogP contribution in [-0.4, -0.2) is 27.0 Å². The van der Waals surface area contributed by atoms with E-state index >= 15 is 0 Å². The lowest BCUT2D eigenvalue weighted by molar-refractivity contribution is 0.0696. The first-order valence-electron chi connectivity index (χ1n) is 10.2. The fourth-order valence-electron chi connectivity index (χ4n) is 3.79. The molecule has 0 radical (unpaired) electrons. The van der Waals surface area contributed by atoms with Crippen LogP contribution in [0.3, 0.4) is 0 Å². The Bertz CT molecular complexity index is 1510. The fourth-order valence-corrected chi connectivity index (χ4v) is 3.79. The molecule has 166 valence electrons. The Morgan fingerprint density at radius 1 is 0.909 bits per heavy atom. The van der Waals surface area contributed by atoms with Gasteiger partial charge in [-0.1, -0.05) is 12.1 Å². The largest absolute Gasteiger partial charge is 0.478 e. The average molecular weight is 443 g/mol. The number of hydrogen-bond acceptors (Lipinski definition) is 4. The maximum absolute atomic E-state index is 13.1. The van der Waals surface area contributed by atoms with Gasteiger partial charge in [0, 0.05) is 40.3 Å². The molecule has 2 aromatic heterocycles. The van der Waals surface area contributed by atoms with Crippen LogP contribution < -0.4 is 16.4 Å². The molecular weight excluding hydrogens is 422 g/mol. The van der Waals surface area contributed by atoms with Gasteiger partial charge in [-0.3, -0.25) is 14.4 Å². The minimum absolute atomic E-state index is 0.0443. The highest BCUT2D eigenvalue weighted by molar-refractivity contribution is 6.07. The summed E-state index contributed by atoms with van der Waals surface area (Å²) in [5, 5.41) is 12.5. The first-order valence-corrected chi connectivity index (χ1v) is 10.2. The molecule has 0 aliphatic rings. The van der Waals surface area contributed by atoms with E-state index in [4.69, 9.17) is 5.11 Å². The number of pyridine rings is 2. The summed E-state index contributed by atoms with van der Waals surface area (Å²) in [5.41, 5.74) is 3.67. The van der Waals surface area contributed by atoms with Crippen molar-refractivity contribution in [2.45, 2.75) is 20.4 Å². The number of nitrogens with one attached hydrogen (secondary N) is 3. The number of carbonyl (C=O) groups excluding carboxylic acids is 1. The first kappa shape index (κ1) is 21.8. The molecule has 4 N–H and O–H groups in total. The number of benzene rings is 2. The number of aromatic carboxylic acids is 1. The monoisotopic (exact) mass is 443 g/mol. The SMILES string of the molecule is Cc1cc(C)c(CNC(=O)c2cc(-c3ccc(C(=O)O)cc3)cc3[nH]c(=O)ccc23)c(=O)[nH]1. The molecule has 0 aliphatic heterocycles. The van der Waals surface area contributed by atoms with Gasteiger partial charge < -0.3 is 20.4 Å². The summed E-state index contributed by atoms with van der Waals surface area (Å²) in [5.74, 6) is -1.44. The van der Waals surface area contributed by atoms with Crippen LogP contribution in [0.25, 0.3) is 22.0 Å². The van der Waals surface area contributed by atoms with Crippen molar-refractivity contribution in [1.29, 1.82) is 0 Å². The molecule has 0 aliphatic carbocycles. The van der Waals surface area contributed by atoms with Crippen molar-refractivity contribution < 1.29 is 14.7 Å². The van der Waals surface area contributed by atoms with Gasteiger partial charge in [0.05, 0.1) is 5.56 Å². The van der Waals surface area contributed by atoms with E-state index in [1.165, 1.54) is 18.2 Å². The number of carboxylic acid groups (broad SMARTS) is 1. The van der Waals surface area contributed by atoms with Crippen molar-refractivity contribution in [3.05, 3.63) is 103 Å². The number of carbonyl (C=O) groups is 2. The van der Waals surface area contributed by atoms with Crippen molar-refractivity contribution in [2.75, 3.05) is 0 Å². The van der Waals surface area contributed by atoms with Crippen LogP contribution in [0, 0.1) is 13.8 Å². The summed E-state index contributed by atoms with van der Waals surface area (Å²) in [7, 11) is 0. The molecule has 0 saturated carbocycles. The van der Waals surface area contributed by atoms with E-state index in [9.17, 15) is 19.2 Å². The number of rotatable bonds is 5. The van der Waals surface area contributed by atoms with Crippen LogP contribution >= 0.6 is 0 Å². The van der Waals surface area contributed by atoms with Crippen molar-refractivity contribution in [3.8, 4) is 11.1 Å². The van der Waals surface area contributed by atoms with Crippen molar-refractivity contribution in [2.24, 2.45) is 0 Å². The molecule has 0 unspecified atom stereocenters. The maximum Gasteiger partial charge on any atom is 0.335 e. The molecule has 2 aromatic carbocycles. The van der Waals surface area contributed by atoms with Crippen LogP contribution in [0.5, 0.6) is 0 Å². The van der Waals surface area contributed by atoms with Crippen molar-refractivity contribution >= 4 is 22.8 Å². The first-order chi connectivity index (χ1) is 15.7. The fraction of sp³-hybridized carbons (Fsp3) is 0.120. The second-order valence-electron chi connectivity index (χ2n) is 7.82. The molecule has 1 amide bonds. The summed E-state index contributed by atoms with van der Waals surface area (Å²) in [4.78, 5) is 53.9. The highest BCUT2D eigenvalue weighted by atomic mass is 16.4. The van der Waals surface area contributed by atoms with Gasteiger partial charge in [0.1, 0.15) is 0 Å². The molecule has 2 heterocycles. The average Bonchev–Trinajstić information content (AvgIpc) is 2.77. The zero-order chi connectivity index (χ0) is 23.7. The smallest absolute Gasteiger partial charge is 0.335 e. The molecule has 4 rings (SSSR count). The van der Waals surface area contributed by atoms with E-state index < -0.39 is 11.9 Å². The van der Waals surface area contributed by atoms with Gasteiger partial charge in [0.15, 0.2) is 0 Å². The number of hydrogen-bond donors (Lipinski definition) is 4. The third-order valence-corrected chi connectivity index (χ3v) is 5.47. The van der Waals surface area contributed by atoms with Gasteiger partial charge >= 0.3 is 5.97 Å². The van der Waals surface area contributed by atoms with Crippen LogP contribution in [-0.2, 0) is 6.54 Å². The number of aromatic nitrogens is 2.